The lowest BCUT2D eigenvalue weighted by molar-refractivity contribution is -0.147. The highest BCUT2D eigenvalue weighted by Gasteiger charge is 2.36. The number of esters is 1. The Labute approximate surface area is 179 Å². The highest BCUT2D eigenvalue weighted by atomic mass is 16.6. The van der Waals surface area contributed by atoms with Gasteiger partial charge in [0.25, 0.3) is 0 Å². The number of carbonyl (C=O) groups is 2. The van der Waals surface area contributed by atoms with Crippen LogP contribution in [0.3, 0.4) is 0 Å². The molecule has 166 valence electrons. The predicted octanol–water partition coefficient (Wildman–Crippen LogP) is 3.42. The maximum absolute atomic E-state index is 12.2. The van der Waals surface area contributed by atoms with Crippen LogP contribution in [0.15, 0.2) is 6.20 Å². The summed E-state index contributed by atoms with van der Waals surface area (Å²) in [5.74, 6) is 0.245. The molecule has 0 radical (unpaired) electrons. The zero-order valence-corrected chi connectivity index (χ0v) is 19.2. The summed E-state index contributed by atoms with van der Waals surface area (Å²) >= 11 is 0. The summed E-state index contributed by atoms with van der Waals surface area (Å²) in [6.45, 7) is 13.9. The van der Waals surface area contributed by atoms with E-state index in [1.807, 2.05) is 27.0 Å². The van der Waals surface area contributed by atoms with Crippen LogP contribution in [0.25, 0.3) is 0 Å². The molecule has 0 unspecified atom stereocenters. The van der Waals surface area contributed by atoms with Gasteiger partial charge in [-0.15, -0.1) is 0 Å². The normalized spacial score (nSPS) is 18.8. The van der Waals surface area contributed by atoms with Crippen molar-refractivity contribution in [2.75, 3.05) is 33.3 Å². The maximum Gasteiger partial charge on any atom is 0.410 e. The van der Waals surface area contributed by atoms with Gasteiger partial charge in [0.15, 0.2) is 0 Å². The molecule has 0 N–H and O–H groups in total. The van der Waals surface area contributed by atoms with Gasteiger partial charge in [0.1, 0.15) is 5.60 Å². The summed E-state index contributed by atoms with van der Waals surface area (Å²) in [5, 5.41) is 0. The molecule has 1 amide bonds. The van der Waals surface area contributed by atoms with E-state index >= 15 is 0 Å². The van der Waals surface area contributed by atoms with Crippen molar-refractivity contribution in [3.63, 3.8) is 0 Å². The molecule has 7 heteroatoms. The third kappa shape index (κ3) is 5.12. The summed E-state index contributed by atoms with van der Waals surface area (Å²) in [6.07, 6.45) is 3.42. The number of amides is 1. The fourth-order valence-electron chi connectivity index (χ4n) is 4.20. The van der Waals surface area contributed by atoms with Crippen LogP contribution in [0, 0.1) is 19.8 Å². The summed E-state index contributed by atoms with van der Waals surface area (Å²) in [5.41, 5.74) is 4.33. The van der Waals surface area contributed by atoms with Crippen LogP contribution in [0.4, 0.5) is 4.79 Å². The number of aromatic nitrogens is 1. The molecule has 0 atom stereocenters. The van der Waals surface area contributed by atoms with E-state index in [2.05, 4.69) is 18.7 Å². The van der Waals surface area contributed by atoms with Gasteiger partial charge >= 0.3 is 12.1 Å². The highest BCUT2D eigenvalue weighted by molar-refractivity contribution is 5.72. The summed E-state index contributed by atoms with van der Waals surface area (Å²) < 4.78 is 10.3. The first-order valence-corrected chi connectivity index (χ1v) is 10.8. The molecule has 0 aliphatic carbocycles. The van der Waals surface area contributed by atoms with E-state index in [1.165, 1.54) is 23.8 Å². The molecular formula is C23H35N3O4. The van der Waals surface area contributed by atoms with Gasteiger partial charge in [0.2, 0.25) is 0 Å². The zero-order valence-electron chi connectivity index (χ0n) is 19.2. The Kier molecular flexibility index (Phi) is 6.70. The Balaban J connectivity index is 1.57. The van der Waals surface area contributed by atoms with Gasteiger partial charge in [0, 0.05) is 31.7 Å². The second-order valence-corrected chi connectivity index (χ2v) is 9.57. The van der Waals surface area contributed by atoms with Crippen LogP contribution in [0.2, 0.25) is 0 Å². The Hall–Kier alpha value is -2.15. The van der Waals surface area contributed by atoms with E-state index in [0.29, 0.717) is 19.0 Å². The number of methoxy groups -OCH3 is 1. The minimum Gasteiger partial charge on any atom is -0.469 e. The van der Waals surface area contributed by atoms with Crippen molar-refractivity contribution >= 4 is 12.1 Å². The molecule has 1 aromatic rings. The van der Waals surface area contributed by atoms with Crippen LogP contribution >= 0.6 is 0 Å². The molecule has 0 aromatic carbocycles. The standard InChI is InChI=1S/C23H35N3O4/c1-15-16(2)20(14-25-9-7-17(8-10-25)21(27)29-6)24-11-19(15)18-12-26(13-18)22(28)30-23(3,4)5/h11,17-18H,7-10,12-14H2,1-6H3. The van der Waals surface area contributed by atoms with Gasteiger partial charge in [-0.2, -0.15) is 0 Å². The molecule has 2 aliphatic rings. The molecule has 2 saturated heterocycles. The summed E-state index contributed by atoms with van der Waals surface area (Å²) in [7, 11) is 1.46. The SMILES string of the molecule is COC(=O)C1CCN(Cc2ncc(C3CN(C(=O)OC(C)(C)C)C3)c(C)c2C)CC1. The first-order chi connectivity index (χ1) is 14.1. The molecule has 0 saturated carbocycles. The maximum atomic E-state index is 12.2. The number of piperidine rings is 1. The first kappa shape index (κ1) is 22.5. The van der Waals surface area contributed by atoms with Crippen molar-refractivity contribution < 1.29 is 19.1 Å². The number of pyridine rings is 1. The summed E-state index contributed by atoms with van der Waals surface area (Å²) in [4.78, 5) is 32.8. The van der Waals surface area contributed by atoms with E-state index in [-0.39, 0.29) is 18.0 Å². The molecule has 0 spiro atoms. The molecule has 2 aliphatic heterocycles. The fourth-order valence-corrected chi connectivity index (χ4v) is 4.20. The van der Waals surface area contributed by atoms with Gasteiger partial charge in [-0.05, 0) is 77.2 Å². The van der Waals surface area contributed by atoms with Crippen molar-refractivity contribution in [2.45, 2.75) is 65.5 Å². The summed E-state index contributed by atoms with van der Waals surface area (Å²) in [6, 6.07) is 0. The van der Waals surface area contributed by atoms with Gasteiger partial charge in [-0.25, -0.2) is 4.79 Å². The monoisotopic (exact) mass is 417 g/mol. The molecule has 1 aromatic heterocycles. The van der Waals surface area contributed by atoms with Gasteiger partial charge in [-0.1, -0.05) is 0 Å². The predicted molar refractivity (Wildman–Crippen MR) is 114 cm³/mol. The quantitative estimate of drug-likeness (QED) is 0.699. The Morgan fingerprint density at radius 1 is 1.13 bits per heavy atom. The minimum atomic E-state index is -0.469. The number of nitrogens with zero attached hydrogens (tertiary/aromatic N) is 3. The Bertz CT molecular complexity index is 788. The highest BCUT2D eigenvalue weighted by Crippen LogP contribution is 2.32. The molecule has 0 bridgehead atoms. The number of hydrogen-bond donors (Lipinski definition) is 0. The second kappa shape index (κ2) is 8.92. The van der Waals surface area contributed by atoms with E-state index in [4.69, 9.17) is 14.5 Å². The van der Waals surface area contributed by atoms with Crippen molar-refractivity contribution in [1.82, 2.24) is 14.8 Å². The van der Waals surface area contributed by atoms with Gasteiger partial charge < -0.3 is 14.4 Å². The van der Waals surface area contributed by atoms with Crippen molar-refractivity contribution in [3.05, 3.63) is 28.6 Å². The molecule has 30 heavy (non-hydrogen) atoms. The number of rotatable bonds is 4. The lowest BCUT2D eigenvalue weighted by Gasteiger charge is -2.40. The number of likely N-dealkylation sites (tertiary alicyclic amines) is 2. The van der Waals surface area contributed by atoms with Gasteiger partial charge in [-0.3, -0.25) is 14.7 Å². The molecular weight excluding hydrogens is 382 g/mol. The van der Waals surface area contributed by atoms with Crippen LogP contribution < -0.4 is 0 Å². The average Bonchev–Trinajstić information content (AvgIpc) is 2.64. The van der Waals surface area contributed by atoms with Crippen molar-refractivity contribution in [2.24, 2.45) is 5.92 Å². The average molecular weight is 418 g/mol. The lowest BCUT2D eigenvalue weighted by Crippen LogP contribution is -2.50. The largest absolute Gasteiger partial charge is 0.469 e. The van der Waals surface area contributed by atoms with Crippen molar-refractivity contribution in [3.8, 4) is 0 Å². The smallest absolute Gasteiger partial charge is 0.410 e. The molecule has 7 nitrogen and oxygen atoms in total. The van der Waals surface area contributed by atoms with E-state index < -0.39 is 5.60 Å². The van der Waals surface area contributed by atoms with E-state index in [0.717, 1.165) is 38.2 Å². The van der Waals surface area contributed by atoms with Crippen LogP contribution in [0.1, 0.15) is 61.9 Å². The van der Waals surface area contributed by atoms with Crippen LogP contribution in [-0.2, 0) is 20.8 Å². The van der Waals surface area contributed by atoms with Crippen molar-refractivity contribution in [1.29, 1.82) is 0 Å². The van der Waals surface area contributed by atoms with E-state index in [9.17, 15) is 9.59 Å². The molecule has 3 rings (SSSR count). The second-order valence-electron chi connectivity index (χ2n) is 9.57. The third-order valence-electron chi connectivity index (χ3n) is 6.26. The fraction of sp³-hybridized carbons (Fsp3) is 0.696. The minimum absolute atomic E-state index is 0.0240. The van der Waals surface area contributed by atoms with Crippen LogP contribution in [0.5, 0.6) is 0 Å². The topological polar surface area (TPSA) is 72.0 Å². The first-order valence-electron chi connectivity index (χ1n) is 10.8. The third-order valence-corrected chi connectivity index (χ3v) is 6.26. The Morgan fingerprint density at radius 3 is 2.33 bits per heavy atom. The number of carbonyl (C=O) groups excluding carboxylic acids is 2. The van der Waals surface area contributed by atoms with Gasteiger partial charge in [0.05, 0.1) is 18.7 Å². The Morgan fingerprint density at radius 2 is 1.77 bits per heavy atom. The van der Waals surface area contributed by atoms with E-state index in [1.54, 1.807) is 4.90 Å². The lowest BCUT2D eigenvalue weighted by atomic mass is 9.88. The number of hydrogen-bond acceptors (Lipinski definition) is 6. The van der Waals surface area contributed by atoms with Crippen LogP contribution in [-0.4, -0.2) is 65.7 Å². The zero-order chi connectivity index (χ0) is 22.1. The molecule has 3 heterocycles. The molecule has 2 fully saturated rings. The number of ether oxygens (including phenoxy) is 2.